The van der Waals surface area contributed by atoms with Gasteiger partial charge in [-0.15, -0.1) is 0 Å². The third-order valence-electron chi connectivity index (χ3n) is 6.06. The van der Waals surface area contributed by atoms with Crippen LogP contribution in [0, 0.1) is 11.3 Å². The van der Waals surface area contributed by atoms with E-state index in [4.69, 9.17) is 16.3 Å². The highest BCUT2D eigenvalue weighted by Gasteiger charge is 2.58. The molecule has 3 aliphatic rings. The average Bonchev–Trinajstić information content (AvgIpc) is 3.37. The van der Waals surface area contributed by atoms with E-state index in [-0.39, 0.29) is 11.8 Å². The molecule has 28 heavy (non-hydrogen) atoms. The van der Waals surface area contributed by atoms with Crippen molar-refractivity contribution in [3.05, 3.63) is 28.3 Å². The monoisotopic (exact) mass is 405 g/mol. The van der Waals surface area contributed by atoms with Gasteiger partial charge in [0.05, 0.1) is 12.1 Å². The Labute approximate surface area is 168 Å². The molecule has 1 aromatic carbocycles. The second kappa shape index (κ2) is 6.74. The largest absolute Gasteiger partial charge is 0.495 e. The number of amides is 3. The van der Waals surface area contributed by atoms with Crippen LogP contribution in [0.3, 0.4) is 0 Å². The summed E-state index contributed by atoms with van der Waals surface area (Å²) in [6.07, 6.45) is 2.99. The van der Waals surface area contributed by atoms with Crippen molar-refractivity contribution >= 4 is 29.8 Å². The van der Waals surface area contributed by atoms with Gasteiger partial charge in [-0.2, -0.15) is 0 Å². The molecule has 3 amide bonds. The number of hydrogen-bond donors (Lipinski definition) is 2. The SMILES string of the molecule is COc1cc2c(cc1Cl)CN(CC(C)(C=O)CC1(C3CC3)NC(=O)NC1=O)C2. The van der Waals surface area contributed by atoms with Crippen LogP contribution >= 0.6 is 11.6 Å². The highest BCUT2D eigenvalue weighted by Crippen LogP contribution is 2.47. The van der Waals surface area contributed by atoms with Crippen molar-refractivity contribution in [3.8, 4) is 5.75 Å². The standard InChI is InChI=1S/C20H24ClN3O4/c1-19(11-25,9-20(14-3-4-14)17(26)22-18(27)23-20)10-24-7-12-5-15(21)16(28-2)6-13(12)8-24/h5-6,11,14H,3-4,7-10H2,1-2H3,(H2,22,23,26,27). The van der Waals surface area contributed by atoms with E-state index in [0.29, 0.717) is 36.8 Å². The van der Waals surface area contributed by atoms with Crippen LogP contribution in [-0.4, -0.2) is 42.3 Å². The molecule has 2 unspecified atom stereocenters. The van der Waals surface area contributed by atoms with Crippen molar-refractivity contribution in [2.24, 2.45) is 11.3 Å². The summed E-state index contributed by atoms with van der Waals surface area (Å²) < 4.78 is 5.29. The Kier molecular flexibility index (Phi) is 4.62. The first-order valence-electron chi connectivity index (χ1n) is 9.46. The maximum absolute atomic E-state index is 12.6. The summed E-state index contributed by atoms with van der Waals surface area (Å²) in [7, 11) is 1.59. The molecule has 150 valence electrons. The van der Waals surface area contributed by atoms with Crippen LogP contribution in [0.15, 0.2) is 12.1 Å². The molecule has 8 heteroatoms. The number of ether oxygens (including phenoxy) is 1. The Morgan fingerprint density at radius 3 is 2.54 bits per heavy atom. The quantitative estimate of drug-likeness (QED) is 0.536. The summed E-state index contributed by atoms with van der Waals surface area (Å²) in [6, 6.07) is 3.37. The fraction of sp³-hybridized carbons (Fsp3) is 0.550. The summed E-state index contributed by atoms with van der Waals surface area (Å²) in [5, 5.41) is 5.75. The number of carbonyl (C=O) groups is 3. The van der Waals surface area contributed by atoms with E-state index in [2.05, 4.69) is 15.5 Å². The zero-order valence-corrected chi connectivity index (χ0v) is 16.8. The molecule has 1 aliphatic carbocycles. The van der Waals surface area contributed by atoms with E-state index >= 15 is 0 Å². The average molecular weight is 406 g/mol. The van der Waals surface area contributed by atoms with E-state index < -0.39 is 17.0 Å². The molecule has 1 saturated carbocycles. The highest BCUT2D eigenvalue weighted by molar-refractivity contribution is 6.32. The number of nitrogens with zero attached hydrogens (tertiary/aromatic N) is 1. The van der Waals surface area contributed by atoms with Gasteiger partial charge in [-0.25, -0.2) is 4.79 Å². The Hall–Kier alpha value is -2.12. The second-order valence-electron chi connectivity index (χ2n) is 8.50. The zero-order valence-electron chi connectivity index (χ0n) is 16.0. The van der Waals surface area contributed by atoms with E-state index in [1.807, 2.05) is 19.1 Å². The van der Waals surface area contributed by atoms with Gasteiger partial charge in [0.25, 0.3) is 5.91 Å². The van der Waals surface area contributed by atoms with Crippen molar-refractivity contribution in [1.82, 2.24) is 15.5 Å². The molecule has 0 bridgehead atoms. The summed E-state index contributed by atoms with van der Waals surface area (Å²) >= 11 is 6.23. The number of aldehydes is 1. The van der Waals surface area contributed by atoms with Crippen LogP contribution in [0.1, 0.15) is 37.3 Å². The topological polar surface area (TPSA) is 87.7 Å². The van der Waals surface area contributed by atoms with Crippen molar-refractivity contribution in [2.45, 2.75) is 44.8 Å². The molecule has 2 N–H and O–H groups in total. The molecule has 0 radical (unpaired) electrons. The summed E-state index contributed by atoms with van der Waals surface area (Å²) in [5.41, 5.74) is 0.487. The number of nitrogens with one attached hydrogen (secondary N) is 2. The first-order chi connectivity index (χ1) is 13.3. The Balaban J connectivity index is 1.52. The summed E-state index contributed by atoms with van der Waals surface area (Å²) in [4.78, 5) is 38.6. The minimum Gasteiger partial charge on any atom is -0.495 e. The first-order valence-corrected chi connectivity index (χ1v) is 9.84. The van der Waals surface area contributed by atoms with Crippen molar-refractivity contribution in [3.63, 3.8) is 0 Å². The first kappa shape index (κ1) is 19.2. The van der Waals surface area contributed by atoms with E-state index in [9.17, 15) is 14.4 Å². The molecule has 2 atom stereocenters. The number of hydrogen-bond acceptors (Lipinski definition) is 5. The smallest absolute Gasteiger partial charge is 0.322 e. The van der Waals surface area contributed by atoms with Gasteiger partial charge >= 0.3 is 6.03 Å². The van der Waals surface area contributed by atoms with Crippen LogP contribution < -0.4 is 15.4 Å². The van der Waals surface area contributed by atoms with Gasteiger partial charge in [0.2, 0.25) is 0 Å². The van der Waals surface area contributed by atoms with Crippen LogP contribution in [0.25, 0.3) is 0 Å². The fourth-order valence-corrected chi connectivity index (χ4v) is 4.92. The van der Waals surface area contributed by atoms with Gasteiger partial charge < -0.3 is 14.8 Å². The molecular formula is C20H24ClN3O4. The van der Waals surface area contributed by atoms with Crippen molar-refractivity contribution in [2.75, 3.05) is 13.7 Å². The predicted molar refractivity (Wildman–Crippen MR) is 103 cm³/mol. The van der Waals surface area contributed by atoms with E-state index in [0.717, 1.165) is 30.3 Å². The maximum atomic E-state index is 12.6. The van der Waals surface area contributed by atoms with Gasteiger partial charge in [-0.1, -0.05) is 18.5 Å². The van der Waals surface area contributed by atoms with Crippen molar-refractivity contribution in [1.29, 1.82) is 0 Å². The minimum absolute atomic E-state index is 0.0945. The van der Waals surface area contributed by atoms with Gasteiger partial charge in [0.15, 0.2) is 0 Å². The fourth-order valence-electron chi connectivity index (χ4n) is 4.66. The summed E-state index contributed by atoms with van der Waals surface area (Å²) in [5.74, 6) is 0.421. The molecule has 0 aromatic heterocycles. The number of halogens is 1. The maximum Gasteiger partial charge on any atom is 0.322 e. The molecular weight excluding hydrogens is 382 g/mol. The number of rotatable bonds is 7. The van der Waals surface area contributed by atoms with Gasteiger partial charge in [0, 0.05) is 25.0 Å². The van der Waals surface area contributed by atoms with Crippen molar-refractivity contribution < 1.29 is 19.1 Å². The molecule has 0 spiro atoms. The summed E-state index contributed by atoms with van der Waals surface area (Å²) in [6.45, 7) is 3.71. The second-order valence-corrected chi connectivity index (χ2v) is 8.91. The van der Waals surface area contributed by atoms with Crippen LogP contribution in [0.2, 0.25) is 5.02 Å². The number of imide groups is 1. The van der Waals surface area contributed by atoms with Crippen LogP contribution in [-0.2, 0) is 22.7 Å². The minimum atomic E-state index is -0.980. The predicted octanol–water partition coefficient (Wildman–Crippen LogP) is 2.25. The number of benzene rings is 1. The number of carbonyl (C=O) groups excluding carboxylic acids is 3. The van der Waals surface area contributed by atoms with Crippen LogP contribution in [0.4, 0.5) is 4.79 Å². The lowest BCUT2D eigenvalue weighted by Crippen LogP contribution is -2.54. The van der Waals surface area contributed by atoms with Gasteiger partial charge in [0.1, 0.15) is 17.6 Å². The molecule has 7 nitrogen and oxygen atoms in total. The zero-order chi connectivity index (χ0) is 20.1. The number of urea groups is 1. The lowest BCUT2D eigenvalue weighted by atomic mass is 9.75. The highest BCUT2D eigenvalue weighted by atomic mass is 35.5. The van der Waals surface area contributed by atoms with E-state index in [1.165, 1.54) is 0 Å². The Morgan fingerprint density at radius 2 is 2.00 bits per heavy atom. The lowest BCUT2D eigenvalue weighted by molar-refractivity contribution is -0.128. The van der Waals surface area contributed by atoms with E-state index in [1.54, 1.807) is 7.11 Å². The molecule has 2 heterocycles. The van der Waals surface area contributed by atoms with Crippen LogP contribution in [0.5, 0.6) is 5.75 Å². The number of fused-ring (bicyclic) bond motifs is 1. The Bertz CT molecular complexity index is 856. The lowest BCUT2D eigenvalue weighted by Gasteiger charge is -2.36. The molecule has 1 aromatic rings. The third-order valence-corrected chi connectivity index (χ3v) is 6.35. The molecule has 2 aliphatic heterocycles. The third kappa shape index (κ3) is 3.26. The molecule has 4 rings (SSSR count). The van der Waals surface area contributed by atoms with Gasteiger partial charge in [-0.3, -0.25) is 15.0 Å². The Morgan fingerprint density at radius 1 is 1.32 bits per heavy atom. The molecule has 2 fully saturated rings. The van der Waals surface area contributed by atoms with Gasteiger partial charge in [-0.05, 0) is 48.4 Å². The molecule has 1 saturated heterocycles. The normalized spacial score (nSPS) is 26.4. The number of methoxy groups -OCH3 is 1.